The maximum atomic E-state index is 12.0. The molecule has 0 saturated heterocycles. The Kier molecular flexibility index (Phi) is 5.45. The van der Waals surface area contributed by atoms with Crippen LogP contribution >= 0.6 is 11.6 Å². The molecule has 22 heavy (non-hydrogen) atoms. The lowest BCUT2D eigenvalue weighted by Crippen LogP contribution is -2.31. The first-order chi connectivity index (χ1) is 10.5. The molecule has 1 unspecified atom stereocenters. The van der Waals surface area contributed by atoms with E-state index in [0.717, 1.165) is 11.1 Å². The molecule has 2 aromatic carbocycles. The summed E-state index contributed by atoms with van der Waals surface area (Å²) in [6.45, 7) is 6.02. The predicted octanol–water partition coefficient (Wildman–Crippen LogP) is 4.21. The molecule has 0 radical (unpaired) electrons. The minimum Gasteiger partial charge on any atom is -0.484 e. The molecule has 0 fully saturated rings. The maximum absolute atomic E-state index is 12.0. The summed E-state index contributed by atoms with van der Waals surface area (Å²) < 4.78 is 5.44. The van der Waals surface area contributed by atoms with Crippen molar-refractivity contribution in [2.24, 2.45) is 0 Å². The number of carbonyl (C=O) groups is 1. The number of carbonyl (C=O) groups excluding carboxylic acids is 1. The zero-order chi connectivity index (χ0) is 16.1. The van der Waals surface area contributed by atoms with Gasteiger partial charge in [0.2, 0.25) is 0 Å². The Hall–Kier alpha value is -2.00. The van der Waals surface area contributed by atoms with E-state index in [0.29, 0.717) is 10.8 Å². The number of ether oxygens (including phenoxy) is 1. The highest BCUT2D eigenvalue weighted by molar-refractivity contribution is 6.30. The molecule has 0 saturated carbocycles. The number of halogens is 1. The molecule has 0 heterocycles. The van der Waals surface area contributed by atoms with E-state index in [-0.39, 0.29) is 18.6 Å². The highest BCUT2D eigenvalue weighted by Crippen LogP contribution is 2.19. The number of aryl methyl sites for hydroxylation is 2. The number of amides is 1. The van der Waals surface area contributed by atoms with Crippen LogP contribution in [0, 0.1) is 13.8 Å². The first-order valence-corrected chi connectivity index (χ1v) is 7.58. The van der Waals surface area contributed by atoms with E-state index >= 15 is 0 Å². The van der Waals surface area contributed by atoms with Crippen LogP contribution in [0.25, 0.3) is 0 Å². The van der Waals surface area contributed by atoms with Crippen molar-refractivity contribution in [3.8, 4) is 5.75 Å². The Bertz CT molecular complexity index is 670. The smallest absolute Gasteiger partial charge is 0.258 e. The molecule has 116 valence electrons. The second-order valence-electron chi connectivity index (χ2n) is 5.40. The van der Waals surface area contributed by atoms with Crippen LogP contribution < -0.4 is 10.1 Å². The fourth-order valence-corrected chi connectivity index (χ4v) is 2.47. The molecular formula is C18H20ClNO2. The van der Waals surface area contributed by atoms with Crippen molar-refractivity contribution in [3.63, 3.8) is 0 Å². The van der Waals surface area contributed by atoms with Crippen LogP contribution in [0.3, 0.4) is 0 Å². The van der Waals surface area contributed by atoms with Gasteiger partial charge in [0.15, 0.2) is 6.61 Å². The van der Waals surface area contributed by atoms with E-state index in [2.05, 4.69) is 23.5 Å². The highest BCUT2D eigenvalue weighted by Gasteiger charge is 2.12. The van der Waals surface area contributed by atoms with E-state index in [1.807, 2.05) is 20.8 Å². The lowest BCUT2D eigenvalue weighted by molar-refractivity contribution is -0.123. The van der Waals surface area contributed by atoms with Crippen molar-refractivity contribution in [2.75, 3.05) is 6.61 Å². The summed E-state index contributed by atoms with van der Waals surface area (Å²) in [5, 5.41) is 3.54. The number of rotatable bonds is 5. The Morgan fingerprint density at radius 2 is 2.00 bits per heavy atom. The van der Waals surface area contributed by atoms with Gasteiger partial charge in [0.05, 0.1) is 6.04 Å². The molecule has 0 aliphatic rings. The van der Waals surface area contributed by atoms with Crippen molar-refractivity contribution in [1.82, 2.24) is 5.32 Å². The van der Waals surface area contributed by atoms with E-state index in [1.54, 1.807) is 24.3 Å². The van der Waals surface area contributed by atoms with E-state index < -0.39 is 0 Å². The number of benzene rings is 2. The molecular weight excluding hydrogens is 298 g/mol. The summed E-state index contributed by atoms with van der Waals surface area (Å²) in [5.41, 5.74) is 3.46. The number of hydrogen-bond acceptors (Lipinski definition) is 2. The second-order valence-corrected chi connectivity index (χ2v) is 5.83. The van der Waals surface area contributed by atoms with Crippen LogP contribution in [0.5, 0.6) is 5.75 Å². The predicted molar refractivity (Wildman–Crippen MR) is 89.4 cm³/mol. The van der Waals surface area contributed by atoms with E-state index in [4.69, 9.17) is 16.3 Å². The fourth-order valence-electron chi connectivity index (χ4n) is 2.29. The molecule has 3 nitrogen and oxygen atoms in total. The Balaban J connectivity index is 1.92. The molecule has 1 atom stereocenters. The van der Waals surface area contributed by atoms with Gasteiger partial charge in [-0.1, -0.05) is 41.4 Å². The van der Waals surface area contributed by atoms with Crippen LogP contribution in [0.15, 0.2) is 42.5 Å². The molecule has 0 aliphatic heterocycles. The van der Waals surface area contributed by atoms with Crippen LogP contribution in [0.4, 0.5) is 0 Å². The molecule has 0 bridgehead atoms. The van der Waals surface area contributed by atoms with Gasteiger partial charge < -0.3 is 10.1 Å². The van der Waals surface area contributed by atoms with E-state index in [9.17, 15) is 4.79 Å². The minimum atomic E-state index is -0.159. The quantitative estimate of drug-likeness (QED) is 0.897. The standard InChI is InChI=1S/C18H20ClNO2/c1-12-7-8-13(2)17(9-12)14(3)20-18(21)11-22-16-6-4-5-15(19)10-16/h4-10,14H,11H2,1-3H3,(H,20,21). The Morgan fingerprint density at radius 1 is 1.23 bits per heavy atom. The highest BCUT2D eigenvalue weighted by atomic mass is 35.5. The molecule has 1 amide bonds. The SMILES string of the molecule is Cc1ccc(C)c(C(C)NC(=O)COc2cccc(Cl)c2)c1. The third-order valence-corrected chi connectivity index (χ3v) is 3.68. The van der Waals surface area contributed by atoms with Crippen molar-refractivity contribution in [2.45, 2.75) is 26.8 Å². The normalized spacial score (nSPS) is 11.8. The molecule has 2 aromatic rings. The summed E-state index contributed by atoms with van der Waals surface area (Å²) in [4.78, 5) is 12.0. The van der Waals surface area contributed by atoms with Crippen LogP contribution in [-0.4, -0.2) is 12.5 Å². The van der Waals surface area contributed by atoms with Gasteiger partial charge in [0, 0.05) is 5.02 Å². The molecule has 0 aliphatic carbocycles. The molecule has 0 spiro atoms. The first kappa shape index (κ1) is 16.4. The zero-order valence-corrected chi connectivity index (χ0v) is 13.8. The van der Waals surface area contributed by atoms with Crippen molar-refractivity contribution < 1.29 is 9.53 Å². The van der Waals surface area contributed by atoms with Crippen molar-refractivity contribution in [3.05, 3.63) is 64.2 Å². The summed E-state index contributed by atoms with van der Waals surface area (Å²) in [6, 6.07) is 13.2. The van der Waals surface area contributed by atoms with Gasteiger partial charge in [-0.25, -0.2) is 0 Å². The maximum Gasteiger partial charge on any atom is 0.258 e. The number of hydrogen-bond donors (Lipinski definition) is 1. The summed E-state index contributed by atoms with van der Waals surface area (Å²) >= 11 is 5.88. The molecule has 4 heteroatoms. The van der Waals surface area contributed by atoms with Gasteiger partial charge in [0.25, 0.3) is 5.91 Å². The second kappa shape index (κ2) is 7.32. The number of nitrogens with one attached hydrogen (secondary N) is 1. The fraction of sp³-hybridized carbons (Fsp3) is 0.278. The largest absolute Gasteiger partial charge is 0.484 e. The van der Waals surface area contributed by atoms with Gasteiger partial charge in [0.1, 0.15) is 5.75 Å². The van der Waals surface area contributed by atoms with Crippen LogP contribution in [-0.2, 0) is 4.79 Å². The van der Waals surface area contributed by atoms with Gasteiger partial charge in [-0.3, -0.25) is 4.79 Å². The van der Waals surface area contributed by atoms with Crippen molar-refractivity contribution in [1.29, 1.82) is 0 Å². The monoisotopic (exact) mass is 317 g/mol. The van der Waals surface area contributed by atoms with Gasteiger partial charge in [-0.2, -0.15) is 0 Å². The lowest BCUT2D eigenvalue weighted by Gasteiger charge is -2.17. The third kappa shape index (κ3) is 4.50. The third-order valence-electron chi connectivity index (χ3n) is 3.44. The van der Waals surface area contributed by atoms with E-state index in [1.165, 1.54) is 5.56 Å². The van der Waals surface area contributed by atoms with Gasteiger partial charge in [-0.05, 0) is 50.1 Å². The van der Waals surface area contributed by atoms with Crippen molar-refractivity contribution >= 4 is 17.5 Å². The Morgan fingerprint density at radius 3 is 2.73 bits per heavy atom. The Labute approximate surface area is 136 Å². The lowest BCUT2D eigenvalue weighted by atomic mass is 10.00. The zero-order valence-electron chi connectivity index (χ0n) is 13.0. The topological polar surface area (TPSA) is 38.3 Å². The minimum absolute atomic E-state index is 0.0322. The van der Waals surface area contributed by atoms with Crippen LogP contribution in [0.2, 0.25) is 5.02 Å². The first-order valence-electron chi connectivity index (χ1n) is 7.20. The molecule has 2 rings (SSSR count). The average Bonchev–Trinajstić information content (AvgIpc) is 2.47. The molecule has 1 N–H and O–H groups in total. The van der Waals surface area contributed by atoms with Gasteiger partial charge >= 0.3 is 0 Å². The average molecular weight is 318 g/mol. The molecule has 0 aromatic heterocycles. The van der Waals surface area contributed by atoms with Gasteiger partial charge in [-0.15, -0.1) is 0 Å². The summed E-state index contributed by atoms with van der Waals surface area (Å²) in [7, 11) is 0. The summed E-state index contributed by atoms with van der Waals surface area (Å²) in [5.74, 6) is 0.426. The summed E-state index contributed by atoms with van der Waals surface area (Å²) in [6.07, 6.45) is 0. The van der Waals surface area contributed by atoms with Crippen LogP contribution in [0.1, 0.15) is 29.7 Å².